The normalized spacial score (nSPS) is 11.2. The van der Waals surface area contributed by atoms with E-state index in [0.29, 0.717) is 5.57 Å². The van der Waals surface area contributed by atoms with Crippen LogP contribution in [-0.2, 0) is 0 Å². The molecule has 0 spiro atoms. The molecule has 1 nitrogen and oxygen atoms in total. The van der Waals surface area contributed by atoms with Gasteiger partial charge in [0.2, 0.25) is 0 Å². The average Bonchev–Trinajstić information content (AvgIpc) is 2.73. The van der Waals surface area contributed by atoms with Gasteiger partial charge in [-0.15, -0.1) is 11.3 Å². The highest BCUT2D eigenvalue weighted by atomic mass is 32.1. The second kappa shape index (κ2) is 4.94. The summed E-state index contributed by atoms with van der Waals surface area (Å²) in [7, 11) is 0. The molecule has 1 aromatic carbocycles. The quantitative estimate of drug-likeness (QED) is 0.723. The molecule has 0 saturated heterocycles. The van der Waals surface area contributed by atoms with Crippen LogP contribution >= 0.6 is 11.3 Å². The number of halogens is 1. The third kappa shape index (κ3) is 2.61. The topological polar surface area (TPSA) is 23.8 Å². The zero-order chi connectivity index (χ0) is 12.3. The van der Waals surface area contributed by atoms with Gasteiger partial charge in [-0.25, -0.2) is 4.39 Å². The molecule has 0 fully saturated rings. The maximum Gasteiger partial charge on any atom is 0.123 e. The summed E-state index contributed by atoms with van der Waals surface area (Å²) in [6, 6.07) is 10.1. The van der Waals surface area contributed by atoms with E-state index >= 15 is 0 Å². The van der Waals surface area contributed by atoms with Crippen LogP contribution in [0.5, 0.6) is 0 Å². The molecule has 0 amide bonds. The molecule has 0 saturated carbocycles. The molecule has 0 unspecified atom stereocenters. The summed E-state index contributed by atoms with van der Waals surface area (Å²) in [5.74, 6) is -0.293. The van der Waals surface area contributed by atoms with Gasteiger partial charge in [0.05, 0.1) is 11.6 Å². The number of nitrogens with zero attached hydrogens (tertiary/aromatic N) is 1. The summed E-state index contributed by atoms with van der Waals surface area (Å²) < 4.78 is 12.8. The van der Waals surface area contributed by atoms with Gasteiger partial charge in [-0.3, -0.25) is 0 Å². The van der Waals surface area contributed by atoms with E-state index in [0.717, 1.165) is 16.0 Å². The molecule has 0 atom stereocenters. The second-order valence-electron chi connectivity index (χ2n) is 3.64. The predicted octanol–water partition coefficient (Wildman–Crippen LogP) is 4.26. The third-order valence-corrected chi connectivity index (χ3v) is 3.42. The Morgan fingerprint density at radius 2 is 2.00 bits per heavy atom. The van der Waals surface area contributed by atoms with Crippen molar-refractivity contribution in [2.24, 2.45) is 0 Å². The van der Waals surface area contributed by atoms with Crippen molar-refractivity contribution in [2.45, 2.75) is 6.92 Å². The molecule has 0 aliphatic carbocycles. The molecule has 0 aliphatic heterocycles. The molecule has 3 heteroatoms. The molecular formula is C14H10FNS. The molecule has 17 heavy (non-hydrogen) atoms. The second-order valence-corrected chi connectivity index (χ2v) is 4.59. The maximum atomic E-state index is 12.8. The van der Waals surface area contributed by atoms with Crippen LogP contribution in [0.15, 0.2) is 35.7 Å². The molecular weight excluding hydrogens is 233 g/mol. The highest BCUT2D eigenvalue weighted by molar-refractivity contribution is 7.11. The minimum Gasteiger partial charge on any atom is -0.207 e. The summed E-state index contributed by atoms with van der Waals surface area (Å²) in [5.41, 5.74) is 2.43. The SMILES string of the molecule is Cc1ccsc1/C=C(\C#N)c1ccc(F)cc1. The predicted molar refractivity (Wildman–Crippen MR) is 68.9 cm³/mol. The third-order valence-electron chi connectivity index (χ3n) is 2.45. The van der Waals surface area contributed by atoms with Crippen molar-refractivity contribution < 1.29 is 4.39 Å². The fourth-order valence-electron chi connectivity index (χ4n) is 1.47. The lowest BCUT2D eigenvalue weighted by molar-refractivity contribution is 0.627. The lowest BCUT2D eigenvalue weighted by Crippen LogP contribution is -1.82. The van der Waals surface area contributed by atoms with E-state index in [4.69, 9.17) is 5.26 Å². The van der Waals surface area contributed by atoms with Crippen molar-refractivity contribution in [3.8, 4) is 6.07 Å². The van der Waals surface area contributed by atoms with Gasteiger partial charge in [-0.2, -0.15) is 5.26 Å². The van der Waals surface area contributed by atoms with Crippen LogP contribution < -0.4 is 0 Å². The van der Waals surface area contributed by atoms with Crippen LogP contribution in [0, 0.1) is 24.1 Å². The highest BCUT2D eigenvalue weighted by Gasteiger charge is 2.03. The molecule has 1 heterocycles. The first-order valence-electron chi connectivity index (χ1n) is 5.12. The first-order chi connectivity index (χ1) is 8.20. The number of allylic oxidation sites excluding steroid dienone is 1. The number of aryl methyl sites for hydroxylation is 1. The first kappa shape index (κ1) is 11.6. The summed E-state index contributed by atoms with van der Waals surface area (Å²) in [4.78, 5) is 1.06. The van der Waals surface area contributed by atoms with Crippen LogP contribution in [0.1, 0.15) is 16.0 Å². The highest BCUT2D eigenvalue weighted by Crippen LogP contribution is 2.23. The van der Waals surface area contributed by atoms with Crippen molar-refractivity contribution >= 4 is 23.0 Å². The number of thiophene rings is 1. The summed E-state index contributed by atoms with van der Waals surface area (Å²) in [5, 5.41) is 11.1. The summed E-state index contributed by atoms with van der Waals surface area (Å²) >= 11 is 1.59. The van der Waals surface area contributed by atoms with Gasteiger partial charge < -0.3 is 0 Å². The molecule has 2 rings (SSSR count). The van der Waals surface area contributed by atoms with Crippen molar-refractivity contribution in [1.29, 1.82) is 5.26 Å². The van der Waals surface area contributed by atoms with Crippen LogP contribution in [0.3, 0.4) is 0 Å². The largest absolute Gasteiger partial charge is 0.207 e. The van der Waals surface area contributed by atoms with Crippen LogP contribution in [0.2, 0.25) is 0 Å². The number of hydrogen-bond acceptors (Lipinski definition) is 2. The zero-order valence-corrected chi connectivity index (χ0v) is 10.1. The Kier molecular flexibility index (Phi) is 3.36. The zero-order valence-electron chi connectivity index (χ0n) is 9.27. The Morgan fingerprint density at radius 1 is 1.29 bits per heavy atom. The maximum absolute atomic E-state index is 12.8. The van der Waals surface area contributed by atoms with Crippen molar-refractivity contribution in [3.63, 3.8) is 0 Å². The Hall–Kier alpha value is -1.92. The monoisotopic (exact) mass is 243 g/mol. The summed E-state index contributed by atoms with van der Waals surface area (Å²) in [6.45, 7) is 2.00. The van der Waals surface area contributed by atoms with Crippen LogP contribution in [-0.4, -0.2) is 0 Å². The van der Waals surface area contributed by atoms with E-state index < -0.39 is 0 Å². The van der Waals surface area contributed by atoms with E-state index in [1.165, 1.54) is 12.1 Å². The van der Waals surface area contributed by atoms with Crippen LogP contribution in [0.25, 0.3) is 11.6 Å². The molecule has 1 aromatic heterocycles. The minimum absolute atomic E-state index is 0.293. The fraction of sp³-hybridized carbons (Fsp3) is 0.0714. The van der Waals surface area contributed by atoms with Crippen molar-refractivity contribution in [2.75, 3.05) is 0 Å². The van der Waals surface area contributed by atoms with Crippen LogP contribution in [0.4, 0.5) is 4.39 Å². The van der Waals surface area contributed by atoms with Crippen molar-refractivity contribution in [1.82, 2.24) is 0 Å². The first-order valence-corrected chi connectivity index (χ1v) is 6.00. The molecule has 2 aromatic rings. The van der Waals surface area contributed by atoms with Gasteiger partial charge >= 0.3 is 0 Å². The average molecular weight is 243 g/mol. The lowest BCUT2D eigenvalue weighted by atomic mass is 10.1. The molecule has 0 N–H and O–H groups in total. The molecule has 0 bridgehead atoms. The van der Waals surface area contributed by atoms with Gasteiger partial charge in [0.1, 0.15) is 5.82 Å². The number of hydrogen-bond donors (Lipinski definition) is 0. The van der Waals surface area contributed by atoms with Gasteiger partial charge in [0, 0.05) is 4.88 Å². The Balaban J connectivity index is 2.41. The molecule has 0 radical (unpaired) electrons. The van der Waals surface area contributed by atoms with Gasteiger partial charge in [0.15, 0.2) is 0 Å². The van der Waals surface area contributed by atoms with E-state index in [1.807, 2.05) is 24.4 Å². The fourth-order valence-corrected chi connectivity index (χ4v) is 2.33. The summed E-state index contributed by atoms with van der Waals surface area (Å²) in [6.07, 6.45) is 1.84. The van der Waals surface area contributed by atoms with Gasteiger partial charge in [-0.05, 0) is 47.7 Å². The van der Waals surface area contributed by atoms with Crippen molar-refractivity contribution in [3.05, 3.63) is 57.5 Å². The smallest absolute Gasteiger partial charge is 0.123 e. The number of benzene rings is 1. The van der Waals surface area contributed by atoms with E-state index in [2.05, 4.69) is 6.07 Å². The minimum atomic E-state index is -0.293. The molecule has 0 aliphatic rings. The molecule has 84 valence electrons. The lowest BCUT2D eigenvalue weighted by Gasteiger charge is -1.99. The van der Waals surface area contributed by atoms with E-state index in [-0.39, 0.29) is 5.82 Å². The van der Waals surface area contributed by atoms with Gasteiger partial charge in [-0.1, -0.05) is 12.1 Å². The van der Waals surface area contributed by atoms with E-state index in [9.17, 15) is 4.39 Å². The number of nitriles is 1. The van der Waals surface area contributed by atoms with Gasteiger partial charge in [0.25, 0.3) is 0 Å². The Bertz CT molecular complexity index is 587. The Morgan fingerprint density at radius 3 is 2.53 bits per heavy atom. The Labute approximate surface area is 103 Å². The standard InChI is InChI=1S/C14H10FNS/c1-10-6-7-17-14(10)8-12(9-16)11-2-4-13(15)5-3-11/h2-8H,1H3/b12-8+. The number of rotatable bonds is 2. The van der Waals surface area contributed by atoms with E-state index in [1.54, 1.807) is 23.5 Å².